The molecule has 0 saturated carbocycles. The fourth-order valence-corrected chi connectivity index (χ4v) is 3.27. The number of nitrogens with one attached hydrogen (secondary N) is 1. The third-order valence-electron chi connectivity index (χ3n) is 5.41. The van der Waals surface area contributed by atoms with E-state index in [1.807, 2.05) is 41.5 Å². The molecule has 1 amide bonds. The maximum absolute atomic E-state index is 12.2. The van der Waals surface area contributed by atoms with Crippen LogP contribution < -0.4 is 5.32 Å². The minimum Gasteiger partial charge on any atom is -0.508 e. The van der Waals surface area contributed by atoms with Crippen molar-refractivity contribution in [3.63, 3.8) is 0 Å². The summed E-state index contributed by atoms with van der Waals surface area (Å²) < 4.78 is 0. The summed E-state index contributed by atoms with van der Waals surface area (Å²) in [6.45, 7) is 12.5. The van der Waals surface area contributed by atoms with E-state index in [2.05, 4.69) is 5.32 Å². The Bertz CT molecular complexity index is 1100. The van der Waals surface area contributed by atoms with Crippen molar-refractivity contribution in [3.05, 3.63) is 58.7 Å². The zero-order chi connectivity index (χ0) is 28.6. The molecule has 204 valence electrons. The van der Waals surface area contributed by atoms with E-state index in [-0.39, 0.29) is 60.8 Å². The predicted molar refractivity (Wildman–Crippen MR) is 142 cm³/mol. The van der Waals surface area contributed by atoms with E-state index >= 15 is 0 Å². The molecule has 0 fully saturated rings. The Morgan fingerprint density at radius 2 is 1.22 bits per heavy atom. The molecule has 0 bridgehead atoms. The van der Waals surface area contributed by atoms with Gasteiger partial charge < -0.3 is 30.6 Å². The van der Waals surface area contributed by atoms with E-state index in [9.17, 15) is 24.6 Å². The molecule has 9 nitrogen and oxygen atoms in total. The number of Topliss-reactive ketones (excluding diaryl/α,β-unsaturated/α-hetero) is 2. The monoisotopic (exact) mass is 516 g/mol. The molecule has 0 saturated heterocycles. The molecule has 0 radical (unpaired) electrons. The average Bonchev–Trinajstić information content (AvgIpc) is 2.80. The van der Waals surface area contributed by atoms with E-state index in [0.29, 0.717) is 22.3 Å². The molecule has 0 aromatic heterocycles. The first kappa shape index (κ1) is 31.8. The number of phenols is 2. The van der Waals surface area contributed by atoms with Crippen LogP contribution >= 0.6 is 0 Å². The highest BCUT2D eigenvalue weighted by Gasteiger charge is 2.26. The standard InChI is InChI=1S/C15H21NO4.C13H19NO3/c1-10(18)16(15(2,3)4)8-14(20)11-5-6-13(19)12(7-11)9-17;1-13(2,3)14-7-12(17)9-4-5-11(16)10(6-9)8-15/h5-7,17,19H,8-9H2,1-4H3;4-6,14-16H,7-8H2,1-3H3. The SMILES string of the molecule is CC(=O)N(CC(=O)c1ccc(O)c(CO)c1)C(C)(C)C.CC(C)(C)NCC(=O)c1ccc(O)c(CO)c1. The summed E-state index contributed by atoms with van der Waals surface area (Å²) in [5.74, 6) is -0.511. The van der Waals surface area contributed by atoms with Crippen molar-refractivity contribution in [1.29, 1.82) is 0 Å². The zero-order valence-corrected chi connectivity index (χ0v) is 22.8. The Morgan fingerprint density at radius 1 is 0.784 bits per heavy atom. The molecule has 0 atom stereocenters. The van der Waals surface area contributed by atoms with Gasteiger partial charge in [0, 0.05) is 40.3 Å². The van der Waals surface area contributed by atoms with Gasteiger partial charge in [-0.1, -0.05) is 0 Å². The summed E-state index contributed by atoms with van der Waals surface area (Å²) in [6, 6.07) is 8.80. The van der Waals surface area contributed by atoms with Crippen LogP contribution in [0.2, 0.25) is 0 Å². The van der Waals surface area contributed by atoms with Gasteiger partial charge in [-0.3, -0.25) is 14.4 Å². The van der Waals surface area contributed by atoms with Crippen molar-refractivity contribution in [2.75, 3.05) is 13.1 Å². The normalized spacial score (nSPS) is 11.4. The molecule has 0 heterocycles. The highest BCUT2D eigenvalue weighted by molar-refractivity contribution is 5.99. The molecule has 2 aromatic carbocycles. The van der Waals surface area contributed by atoms with Crippen LogP contribution in [0.15, 0.2) is 36.4 Å². The molecule has 0 spiro atoms. The molecule has 0 aliphatic heterocycles. The van der Waals surface area contributed by atoms with Crippen LogP contribution in [-0.2, 0) is 18.0 Å². The van der Waals surface area contributed by atoms with Crippen molar-refractivity contribution in [2.24, 2.45) is 0 Å². The maximum Gasteiger partial charge on any atom is 0.220 e. The van der Waals surface area contributed by atoms with Gasteiger partial charge in [-0.25, -0.2) is 0 Å². The van der Waals surface area contributed by atoms with Gasteiger partial charge in [0.2, 0.25) is 5.91 Å². The Kier molecular flexibility index (Phi) is 11.4. The van der Waals surface area contributed by atoms with Gasteiger partial charge in [0.25, 0.3) is 0 Å². The summed E-state index contributed by atoms with van der Waals surface area (Å²) >= 11 is 0. The molecule has 2 rings (SSSR count). The first-order valence-electron chi connectivity index (χ1n) is 11.9. The second kappa shape index (κ2) is 13.3. The van der Waals surface area contributed by atoms with Crippen LogP contribution in [0.3, 0.4) is 0 Å². The molecule has 2 aromatic rings. The smallest absolute Gasteiger partial charge is 0.220 e. The Labute approximate surface area is 218 Å². The highest BCUT2D eigenvalue weighted by Crippen LogP contribution is 2.21. The zero-order valence-electron chi connectivity index (χ0n) is 22.8. The number of benzene rings is 2. The van der Waals surface area contributed by atoms with E-state index in [4.69, 9.17) is 10.2 Å². The number of aromatic hydroxyl groups is 2. The van der Waals surface area contributed by atoms with Crippen LogP contribution in [-0.4, -0.2) is 67.0 Å². The molecule has 0 aliphatic rings. The Morgan fingerprint density at radius 3 is 1.57 bits per heavy atom. The number of amides is 1. The van der Waals surface area contributed by atoms with Crippen molar-refractivity contribution < 1.29 is 34.8 Å². The number of carbonyl (C=O) groups is 3. The van der Waals surface area contributed by atoms with E-state index in [1.54, 1.807) is 6.07 Å². The van der Waals surface area contributed by atoms with Crippen molar-refractivity contribution >= 4 is 17.5 Å². The summed E-state index contributed by atoms with van der Waals surface area (Å²) in [6.07, 6.45) is 0. The minimum atomic E-state index is -0.446. The number of rotatable bonds is 8. The molecule has 37 heavy (non-hydrogen) atoms. The third kappa shape index (κ3) is 10.3. The average molecular weight is 517 g/mol. The second-order valence-electron chi connectivity index (χ2n) is 10.7. The molecule has 0 unspecified atom stereocenters. The van der Waals surface area contributed by atoms with Gasteiger partial charge in [0.1, 0.15) is 11.5 Å². The first-order valence-corrected chi connectivity index (χ1v) is 11.9. The molecule has 9 heteroatoms. The second-order valence-corrected chi connectivity index (χ2v) is 10.7. The van der Waals surface area contributed by atoms with Crippen LogP contribution in [0.5, 0.6) is 11.5 Å². The number of carbonyl (C=O) groups excluding carboxylic acids is 3. The topological polar surface area (TPSA) is 147 Å². The highest BCUT2D eigenvalue weighted by atomic mass is 16.3. The van der Waals surface area contributed by atoms with Gasteiger partial charge in [-0.15, -0.1) is 0 Å². The Hall–Kier alpha value is -3.27. The lowest BCUT2D eigenvalue weighted by Crippen LogP contribution is -2.47. The lowest BCUT2D eigenvalue weighted by atomic mass is 10.0. The molecular weight excluding hydrogens is 476 g/mol. The van der Waals surface area contributed by atoms with Crippen LogP contribution in [0.4, 0.5) is 0 Å². The van der Waals surface area contributed by atoms with Gasteiger partial charge in [-0.2, -0.15) is 0 Å². The van der Waals surface area contributed by atoms with Crippen LogP contribution in [0, 0.1) is 0 Å². The first-order chi connectivity index (χ1) is 17.0. The van der Waals surface area contributed by atoms with Crippen LogP contribution in [0.1, 0.15) is 80.3 Å². The quantitative estimate of drug-likeness (QED) is 0.336. The minimum absolute atomic E-state index is 0.00725. The lowest BCUT2D eigenvalue weighted by Gasteiger charge is -2.34. The fourth-order valence-electron chi connectivity index (χ4n) is 3.27. The summed E-state index contributed by atoms with van der Waals surface area (Å²) in [5, 5.41) is 40.1. The number of aliphatic hydroxyl groups excluding tert-OH is 2. The van der Waals surface area contributed by atoms with E-state index < -0.39 is 5.54 Å². The molecule has 0 aliphatic carbocycles. The van der Waals surface area contributed by atoms with Crippen molar-refractivity contribution in [2.45, 2.75) is 72.8 Å². The lowest BCUT2D eigenvalue weighted by molar-refractivity contribution is -0.132. The number of ketones is 2. The number of nitrogens with zero attached hydrogens (tertiary/aromatic N) is 1. The fraction of sp³-hybridized carbons (Fsp3) is 0.464. The number of hydrogen-bond donors (Lipinski definition) is 5. The van der Waals surface area contributed by atoms with Gasteiger partial charge in [0.05, 0.1) is 26.3 Å². The van der Waals surface area contributed by atoms with Crippen LogP contribution in [0.25, 0.3) is 0 Å². The number of aliphatic hydroxyl groups is 2. The molecule has 5 N–H and O–H groups in total. The maximum atomic E-state index is 12.2. The summed E-state index contributed by atoms with van der Waals surface area (Å²) in [4.78, 5) is 37.2. The van der Waals surface area contributed by atoms with Crippen molar-refractivity contribution in [3.8, 4) is 11.5 Å². The summed E-state index contributed by atoms with van der Waals surface area (Å²) in [5.41, 5.74) is 0.948. The summed E-state index contributed by atoms with van der Waals surface area (Å²) in [7, 11) is 0. The van der Waals surface area contributed by atoms with Gasteiger partial charge >= 0.3 is 0 Å². The molecular formula is C28H40N2O7. The Balaban J connectivity index is 0.000000375. The predicted octanol–water partition coefficient (Wildman–Crippen LogP) is 3.17. The largest absolute Gasteiger partial charge is 0.508 e. The van der Waals surface area contributed by atoms with Crippen molar-refractivity contribution in [1.82, 2.24) is 10.2 Å². The number of hydrogen-bond acceptors (Lipinski definition) is 8. The van der Waals surface area contributed by atoms with Gasteiger partial charge in [0.15, 0.2) is 11.6 Å². The van der Waals surface area contributed by atoms with E-state index in [0.717, 1.165) is 0 Å². The van der Waals surface area contributed by atoms with E-state index in [1.165, 1.54) is 42.2 Å². The third-order valence-corrected chi connectivity index (χ3v) is 5.41. The van der Waals surface area contributed by atoms with Gasteiger partial charge in [-0.05, 0) is 77.9 Å².